The van der Waals surface area contributed by atoms with Crippen molar-refractivity contribution in [3.05, 3.63) is 16.4 Å². The predicted molar refractivity (Wildman–Crippen MR) is 88.6 cm³/mol. The summed E-state index contributed by atoms with van der Waals surface area (Å²) in [5.74, 6) is 0.576. The van der Waals surface area contributed by atoms with Gasteiger partial charge >= 0.3 is 0 Å². The van der Waals surface area contributed by atoms with Crippen molar-refractivity contribution in [3.8, 4) is 0 Å². The van der Waals surface area contributed by atoms with E-state index in [1.165, 1.54) is 12.8 Å². The third-order valence-corrected chi connectivity index (χ3v) is 5.81. The average molecular weight is 338 g/mol. The highest BCUT2D eigenvalue weighted by atomic mass is 35.5. The first-order chi connectivity index (χ1) is 11.1. The van der Waals surface area contributed by atoms with E-state index in [-0.39, 0.29) is 5.91 Å². The molecule has 1 aromatic rings. The number of piperidine rings is 1. The second kappa shape index (κ2) is 6.07. The van der Waals surface area contributed by atoms with E-state index in [2.05, 4.69) is 22.4 Å². The number of rotatable bonds is 1. The third-order valence-electron chi connectivity index (χ3n) is 5.41. The van der Waals surface area contributed by atoms with Crippen molar-refractivity contribution >= 4 is 17.5 Å². The maximum Gasteiger partial charge on any atom is 0.275 e. The highest BCUT2D eigenvalue weighted by Crippen LogP contribution is 2.29. The molecule has 1 amide bonds. The molecule has 2 atom stereocenters. The number of nitrogens with zero attached hydrogens (tertiary/aromatic N) is 4. The Bertz CT molecular complexity index is 602. The normalized spacial score (nSPS) is 28.3. The van der Waals surface area contributed by atoms with Crippen LogP contribution in [0.1, 0.15) is 35.4 Å². The molecule has 0 spiro atoms. The summed E-state index contributed by atoms with van der Waals surface area (Å²) in [6.45, 7) is 5.29. The molecule has 1 aromatic heterocycles. The van der Waals surface area contributed by atoms with Gasteiger partial charge in [0, 0.05) is 38.8 Å². The van der Waals surface area contributed by atoms with Gasteiger partial charge in [0.15, 0.2) is 5.69 Å². The van der Waals surface area contributed by atoms with E-state index >= 15 is 0 Å². The summed E-state index contributed by atoms with van der Waals surface area (Å²) in [5.41, 5.74) is 1.42. The third kappa shape index (κ3) is 2.77. The van der Waals surface area contributed by atoms with Gasteiger partial charge in [0.1, 0.15) is 0 Å². The molecule has 4 rings (SSSR count). The summed E-state index contributed by atoms with van der Waals surface area (Å²) in [6.07, 6.45) is 3.45. The number of carbonyl (C=O) groups is 1. The average Bonchev–Trinajstić information content (AvgIpc) is 3.04. The van der Waals surface area contributed by atoms with Crippen molar-refractivity contribution in [1.29, 1.82) is 0 Å². The minimum Gasteiger partial charge on any atom is -0.335 e. The number of amides is 1. The summed E-state index contributed by atoms with van der Waals surface area (Å²) in [4.78, 5) is 17.1. The first-order valence-corrected chi connectivity index (χ1v) is 8.97. The van der Waals surface area contributed by atoms with Crippen LogP contribution in [0.2, 0.25) is 5.02 Å². The molecule has 0 saturated carbocycles. The molecule has 3 aliphatic rings. The van der Waals surface area contributed by atoms with E-state index in [0.29, 0.717) is 22.7 Å². The smallest absolute Gasteiger partial charge is 0.275 e. The van der Waals surface area contributed by atoms with Crippen molar-refractivity contribution in [2.45, 2.75) is 38.4 Å². The number of likely N-dealkylation sites (tertiary alicyclic amines) is 1. The molecule has 0 radical (unpaired) electrons. The molecule has 3 aliphatic heterocycles. The summed E-state index contributed by atoms with van der Waals surface area (Å²) in [7, 11) is 2.08. The van der Waals surface area contributed by atoms with Gasteiger partial charge in [-0.25, -0.2) is 0 Å². The molecule has 7 heteroatoms. The Labute approximate surface area is 141 Å². The van der Waals surface area contributed by atoms with Gasteiger partial charge in [-0.05, 0) is 38.8 Å². The second-order valence-corrected chi connectivity index (χ2v) is 7.47. The maximum atomic E-state index is 12.9. The quantitative estimate of drug-likeness (QED) is 0.836. The number of hydrogen-bond donors (Lipinski definition) is 1. The largest absolute Gasteiger partial charge is 0.335 e. The van der Waals surface area contributed by atoms with E-state index in [1.807, 2.05) is 9.58 Å². The van der Waals surface area contributed by atoms with E-state index in [0.717, 1.165) is 51.4 Å². The van der Waals surface area contributed by atoms with E-state index in [9.17, 15) is 4.79 Å². The van der Waals surface area contributed by atoms with Gasteiger partial charge in [-0.3, -0.25) is 9.48 Å². The summed E-state index contributed by atoms with van der Waals surface area (Å²) < 4.78 is 1.93. The summed E-state index contributed by atoms with van der Waals surface area (Å²) >= 11 is 6.53. The van der Waals surface area contributed by atoms with Crippen LogP contribution < -0.4 is 5.32 Å². The Morgan fingerprint density at radius 2 is 2.17 bits per heavy atom. The van der Waals surface area contributed by atoms with Gasteiger partial charge in [0.05, 0.1) is 10.7 Å². The van der Waals surface area contributed by atoms with Gasteiger partial charge in [-0.2, -0.15) is 5.10 Å². The highest BCUT2D eigenvalue weighted by molar-refractivity contribution is 6.34. The lowest BCUT2D eigenvalue weighted by atomic mass is 9.94. The van der Waals surface area contributed by atoms with E-state index in [1.54, 1.807) is 0 Å². The Hall–Kier alpha value is -1.11. The molecule has 2 unspecified atom stereocenters. The highest BCUT2D eigenvalue weighted by Gasteiger charge is 2.38. The second-order valence-electron chi connectivity index (χ2n) is 7.10. The van der Waals surface area contributed by atoms with Crippen LogP contribution in [0.3, 0.4) is 0 Å². The zero-order valence-corrected chi connectivity index (χ0v) is 14.3. The van der Waals surface area contributed by atoms with Crippen LogP contribution in [0.25, 0.3) is 0 Å². The summed E-state index contributed by atoms with van der Waals surface area (Å²) in [5, 5.41) is 8.64. The fourth-order valence-corrected chi connectivity index (χ4v) is 4.41. The van der Waals surface area contributed by atoms with Crippen molar-refractivity contribution in [1.82, 2.24) is 24.9 Å². The minimum absolute atomic E-state index is 0.00516. The van der Waals surface area contributed by atoms with Gasteiger partial charge in [-0.1, -0.05) is 11.6 Å². The van der Waals surface area contributed by atoms with Crippen molar-refractivity contribution in [3.63, 3.8) is 0 Å². The first-order valence-electron chi connectivity index (χ1n) is 8.60. The minimum atomic E-state index is -0.00516. The van der Waals surface area contributed by atoms with Gasteiger partial charge < -0.3 is 15.1 Å². The molecule has 1 N–H and O–H groups in total. The molecular formula is C16H24ClN5O. The number of aromatic nitrogens is 2. The van der Waals surface area contributed by atoms with Crippen LogP contribution in [0, 0.1) is 5.92 Å². The fourth-order valence-electron chi connectivity index (χ4n) is 4.14. The molecule has 4 heterocycles. The number of aryl methyl sites for hydroxylation is 1. The van der Waals surface area contributed by atoms with Crippen LogP contribution >= 0.6 is 11.6 Å². The monoisotopic (exact) mass is 337 g/mol. The van der Waals surface area contributed by atoms with Crippen LogP contribution in [-0.2, 0) is 13.1 Å². The standard InChI is InChI=1S/C16H24ClN5O/c1-20-6-3-7-22-13(10-20)14(17)15(19-22)16(23)21-8-11-4-2-5-18-12(11)9-21/h11-12,18H,2-10H2,1H3. The number of hydrogen-bond acceptors (Lipinski definition) is 4. The Balaban J connectivity index is 1.56. The molecule has 23 heavy (non-hydrogen) atoms. The van der Waals surface area contributed by atoms with Gasteiger partial charge in [0.25, 0.3) is 5.91 Å². The molecule has 0 aliphatic carbocycles. The Morgan fingerprint density at radius 3 is 3.00 bits per heavy atom. The zero-order valence-electron chi connectivity index (χ0n) is 13.6. The lowest BCUT2D eigenvalue weighted by Gasteiger charge is -2.24. The predicted octanol–water partition coefficient (Wildman–Crippen LogP) is 1.20. The Kier molecular flexibility index (Phi) is 4.07. The molecule has 126 valence electrons. The molecule has 2 saturated heterocycles. The molecule has 2 fully saturated rings. The van der Waals surface area contributed by atoms with Crippen molar-refractivity contribution in [2.75, 3.05) is 33.2 Å². The number of carbonyl (C=O) groups excluding carboxylic acids is 1. The van der Waals surface area contributed by atoms with Gasteiger partial charge in [0.2, 0.25) is 0 Å². The van der Waals surface area contributed by atoms with Crippen LogP contribution in [0.4, 0.5) is 0 Å². The van der Waals surface area contributed by atoms with Crippen molar-refractivity contribution < 1.29 is 4.79 Å². The summed E-state index contributed by atoms with van der Waals surface area (Å²) in [6, 6.07) is 0.443. The number of halogens is 1. The molecular weight excluding hydrogens is 314 g/mol. The molecule has 0 aromatic carbocycles. The first kappa shape index (κ1) is 15.4. The van der Waals surface area contributed by atoms with E-state index in [4.69, 9.17) is 11.6 Å². The lowest BCUT2D eigenvalue weighted by Crippen LogP contribution is -2.41. The number of nitrogens with one attached hydrogen (secondary N) is 1. The van der Waals surface area contributed by atoms with Gasteiger partial charge in [-0.15, -0.1) is 0 Å². The Morgan fingerprint density at radius 1 is 1.30 bits per heavy atom. The van der Waals surface area contributed by atoms with E-state index < -0.39 is 0 Å². The SMILES string of the molecule is CN1CCCn2nc(C(=O)N3CC4CCCNC4C3)c(Cl)c2C1. The molecule has 6 nitrogen and oxygen atoms in total. The van der Waals surface area contributed by atoms with Crippen LogP contribution in [0.5, 0.6) is 0 Å². The lowest BCUT2D eigenvalue weighted by molar-refractivity contribution is 0.0779. The fraction of sp³-hybridized carbons (Fsp3) is 0.750. The zero-order chi connectivity index (χ0) is 16.0. The number of fused-ring (bicyclic) bond motifs is 2. The van der Waals surface area contributed by atoms with Crippen LogP contribution in [0.15, 0.2) is 0 Å². The van der Waals surface area contributed by atoms with Crippen LogP contribution in [-0.4, -0.2) is 64.8 Å². The topological polar surface area (TPSA) is 53.4 Å². The maximum absolute atomic E-state index is 12.9. The molecule has 0 bridgehead atoms. The van der Waals surface area contributed by atoms with Crippen molar-refractivity contribution in [2.24, 2.45) is 5.92 Å².